The SMILES string of the molecule is Cc1cc2c(-c3cccc4ccccc34)cccc2[cH-]1.Cc1cc2c(-c3cccc4ccccc34)cccc2[cH-]1.Cl.Cl.[CH2-]CCC[Si](Cl)(Cl)Cl.[CH3-].[Si]=[Zr]. The maximum atomic E-state index is 5.55. The monoisotopic (exact) mass is 904 g/mol. The Kier molecular flexibility index (Phi) is 19.9. The second-order valence-corrected chi connectivity index (χ2v) is 21.6. The van der Waals surface area contributed by atoms with Crippen LogP contribution < -0.4 is 0 Å². The summed E-state index contributed by atoms with van der Waals surface area (Å²) in [5.74, 6) is 0. The van der Waals surface area contributed by atoms with Gasteiger partial charge in [-0.25, -0.2) is 0 Å². The number of fused-ring (bicyclic) bond motifs is 4. The molecule has 0 N–H and O–H groups in total. The first kappa shape index (κ1) is 47.0. The molecule has 0 fully saturated rings. The first-order chi connectivity index (χ1) is 24.2. The van der Waals surface area contributed by atoms with Crippen molar-refractivity contribution in [2.75, 3.05) is 0 Å². The van der Waals surface area contributed by atoms with Crippen LogP contribution >= 0.6 is 58.1 Å². The summed E-state index contributed by atoms with van der Waals surface area (Å²) in [6.07, 6.45) is 1.80. The zero-order valence-corrected chi connectivity index (χ0v) is 38.5. The van der Waals surface area contributed by atoms with Crippen LogP contribution in [0, 0.1) is 28.2 Å². The Balaban J connectivity index is 0.000000282. The Morgan fingerprint density at radius 2 is 0.887 bits per heavy atom. The summed E-state index contributed by atoms with van der Waals surface area (Å²) >= 11 is 18.0. The van der Waals surface area contributed by atoms with Crippen LogP contribution in [0.1, 0.15) is 24.0 Å². The van der Waals surface area contributed by atoms with Crippen molar-refractivity contribution in [3.63, 3.8) is 0 Å². The van der Waals surface area contributed by atoms with Crippen molar-refractivity contribution in [3.05, 3.63) is 171 Å². The van der Waals surface area contributed by atoms with E-state index in [1.807, 2.05) is 0 Å². The van der Waals surface area contributed by atoms with Gasteiger partial charge in [-0.3, -0.25) is 0 Å². The van der Waals surface area contributed by atoms with Gasteiger partial charge in [0.2, 0.25) is 0 Å². The van der Waals surface area contributed by atoms with Crippen LogP contribution in [-0.2, 0) is 23.3 Å². The molecule has 0 saturated carbocycles. The van der Waals surface area contributed by atoms with Crippen molar-refractivity contribution in [1.82, 2.24) is 0 Å². The molecule has 8 rings (SSSR count). The Labute approximate surface area is 360 Å². The summed E-state index contributed by atoms with van der Waals surface area (Å²) in [6, 6.07) is 50.9. The third-order valence-corrected chi connectivity index (χ3v) is 11.3. The molecule has 0 bridgehead atoms. The number of halogens is 5. The second-order valence-electron chi connectivity index (χ2n) is 12.3. The fraction of sp³-hybridized carbons (Fsp3) is 0.111. The van der Waals surface area contributed by atoms with Gasteiger partial charge >= 0.3 is 36.2 Å². The average Bonchev–Trinajstić information content (AvgIpc) is 3.72. The number of unbranched alkanes of at least 4 members (excludes halogenated alkanes) is 1. The van der Waals surface area contributed by atoms with Crippen molar-refractivity contribution in [3.8, 4) is 22.3 Å². The molecule has 0 heterocycles. The van der Waals surface area contributed by atoms with E-state index in [1.54, 1.807) is 0 Å². The van der Waals surface area contributed by atoms with Crippen LogP contribution in [0.3, 0.4) is 0 Å². The van der Waals surface area contributed by atoms with Gasteiger partial charge in [-0.1, -0.05) is 128 Å². The Morgan fingerprint density at radius 1 is 0.547 bits per heavy atom. The van der Waals surface area contributed by atoms with Crippen molar-refractivity contribution >= 4 is 114 Å². The van der Waals surface area contributed by atoms with E-state index in [-0.39, 0.29) is 32.2 Å². The normalized spacial score (nSPS) is 10.4. The molecule has 8 aromatic rings. The maximum absolute atomic E-state index is 5.55. The Hall–Kier alpha value is -2.17. The molecular weight excluding hydrogens is 865 g/mol. The molecule has 0 nitrogen and oxygen atoms in total. The minimum absolute atomic E-state index is 0. The third-order valence-electron chi connectivity index (χ3n) is 8.66. The molecule has 0 aliphatic rings. The Morgan fingerprint density at radius 3 is 1.25 bits per heavy atom. The molecular formula is C45H43Cl5Si2Zr-4. The first-order valence-electron chi connectivity index (χ1n) is 16.6. The van der Waals surface area contributed by atoms with Gasteiger partial charge in [0.15, 0.2) is 0 Å². The molecule has 0 aromatic heterocycles. The summed E-state index contributed by atoms with van der Waals surface area (Å²) < 4.78 is 0. The van der Waals surface area contributed by atoms with Gasteiger partial charge in [0.05, 0.1) is 0 Å². The quantitative estimate of drug-likeness (QED) is 0.0917. The van der Waals surface area contributed by atoms with Gasteiger partial charge in [0.25, 0.3) is 0 Å². The second kappa shape index (κ2) is 22.4. The van der Waals surface area contributed by atoms with Crippen molar-refractivity contribution in [2.24, 2.45) is 0 Å². The van der Waals surface area contributed by atoms with Gasteiger partial charge in [-0.2, -0.15) is 18.6 Å². The number of hydrogen-bond donors (Lipinski definition) is 0. The molecule has 0 amide bonds. The van der Waals surface area contributed by atoms with Crippen LogP contribution in [0.25, 0.3) is 65.3 Å². The van der Waals surface area contributed by atoms with E-state index in [1.165, 1.54) is 99.8 Å². The zero-order valence-electron chi connectivity index (χ0n) is 30.1. The van der Waals surface area contributed by atoms with E-state index < -0.39 is 6.00 Å². The molecule has 0 aliphatic heterocycles. The molecule has 8 aromatic carbocycles. The standard InChI is InChI=1S/2C20H15.C4H8Cl3Si.CH3.2ClH.Si.Zr/c2*1-14-12-16-8-5-11-19(20(16)13-14)18-10-4-7-15-6-2-3-9-17(15)18;1-2-3-4-8(5,6)7;;;;;/h2*2-13H,1H3;1-4H2;1H3;2*1H;;/q4*-1;;;;. The van der Waals surface area contributed by atoms with Crippen LogP contribution in [0.15, 0.2) is 146 Å². The number of aryl methyl sites for hydroxylation is 2. The fourth-order valence-corrected chi connectivity index (χ4v) is 8.34. The van der Waals surface area contributed by atoms with E-state index in [2.05, 4.69) is 173 Å². The van der Waals surface area contributed by atoms with Gasteiger partial charge in [-0.15, -0.1) is 127 Å². The van der Waals surface area contributed by atoms with Crippen LogP contribution in [-0.4, -0.2) is 12.9 Å². The van der Waals surface area contributed by atoms with Gasteiger partial charge in [0.1, 0.15) is 0 Å². The summed E-state index contributed by atoms with van der Waals surface area (Å²) in [4.78, 5) is 0. The molecule has 0 unspecified atom stereocenters. The van der Waals surface area contributed by atoms with E-state index in [4.69, 9.17) is 33.2 Å². The Bertz CT molecular complexity index is 2170. The molecule has 0 saturated heterocycles. The van der Waals surface area contributed by atoms with Crippen molar-refractivity contribution < 1.29 is 23.3 Å². The first-order valence-corrected chi connectivity index (χ1v) is 26.0. The van der Waals surface area contributed by atoms with Gasteiger partial charge in [-0.05, 0) is 38.7 Å². The molecule has 53 heavy (non-hydrogen) atoms. The summed E-state index contributed by atoms with van der Waals surface area (Å²) in [5, 5.41) is 10.6. The molecule has 0 atom stereocenters. The van der Waals surface area contributed by atoms with Crippen LogP contribution in [0.2, 0.25) is 6.04 Å². The average molecular weight is 908 g/mol. The summed E-state index contributed by atoms with van der Waals surface area (Å²) in [5.41, 5.74) is 7.94. The zero-order chi connectivity index (χ0) is 35.7. The molecule has 8 heteroatoms. The van der Waals surface area contributed by atoms with Gasteiger partial charge in [0, 0.05) is 0 Å². The van der Waals surface area contributed by atoms with E-state index in [0.717, 1.165) is 18.9 Å². The summed E-state index contributed by atoms with van der Waals surface area (Å²) in [6.45, 7) is 11.0. The van der Waals surface area contributed by atoms with Crippen LogP contribution in [0.5, 0.6) is 0 Å². The van der Waals surface area contributed by atoms with Crippen molar-refractivity contribution in [1.29, 1.82) is 0 Å². The van der Waals surface area contributed by atoms with E-state index in [0.29, 0.717) is 0 Å². The fourth-order valence-electron chi connectivity index (χ4n) is 6.48. The number of hydrogen-bond acceptors (Lipinski definition) is 0. The van der Waals surface area contributed by atoms with Crippen molar-refractivity contribution in [2.45, 2.75) is 32.7 Å². The number of rotatable bonds is 5. The van der Waals surface area contributed by atoms with E-state index in [9.17, 15) is 0 Å². The molecule has 0 spiro atoms. The van der Waals surface area contributed by atoms with Gasteiger partial charge < -0.3 is 14.4 Å². The third kappa shape index (κ3) is 12.2. The molecule has 2 radical (unpaired) electrons. The molecule has 274 valence electrons. The number of benzene rings is 6. The van der Waals surface area contributed by atoms with Crippen LogP contribution in [0.4, 0.5) is 0 Å². The van der Waals surface area contributed by atoms with E-state index >= 15 is 0 Å². The molecule has 0 aliphatic carbocycles. The topological polar surface area (TPSA) is 0 Å². The summed E-state index contributed by atoms with van der Waals surface area (Å²) in [7, 11) is 0. The predicted molar refractivity (Wildman–Crippen MR) is 244 cm³/mol. The predicted octanol–water partition coefficient (Wildman–Crippen LogP) is 15.5. The minimum atomic E-state index is -2.30.